The molecule has 1 heterocycles. The number of likely N-dealkylation sites (tertiary alicyclic amines) is 1. The van der Waals surface area contributed by atoms with Gasteiger partial charge in [-0.1, -0.05) is 25.6 Å². The van der Waals surface area contributed by atoms with E-state index < -0.39 is 6.01 Å². The van der Waals surface area contributed by atoms with E-state index >= 15 is 0 Å². The van der Waals surface area contributed by atoms with Crippen LogP contribution in [-0.2, 0) is 9.59 Å². The fourth-order valence-electron chi connectivity index (χ4n) is 1.99. The lowest BCUT2D eigenvalue weighted by Crippen LogP contribution is -2.42. The standard InChI is InChI=1S/C12H20FNO2S/c1-3-9(2)11(15)14-6-4-10(5-7-14)12(16)17-8-13/h9-10H,3-8H2,1-2H3. The Kier molecular flexibility index (Phi) is 5.95. The van der Waals surface area contributed by atoms with Crippen molar-refractivity contribution in [1.29, 1.82) is 0 Å². The van der Waals surface area contributed by atoms with Gasteiger partial charge >= 0.3 is 0 Å². The number of hydrogen-bond donors (Lipinski definition) is 0. The molecule has 0 saturated carbocycles. The summed E-state index contributed by atoms with van der Waals surface area (Å²) in [4.78, 5) is 25.2. The highest BCUT2D eigenvalue weighted by Gasteiger charge is 2.28. The molecule has 5 heteroatoms. The lowest BCUT2D eigenvalue weighted by molar-refractivity contribution is -0.137. The minimum Gasteiger partial charge on any atom is -0.342 e. The Morgan fingerprint density at radius 1 is 1.41 bits per heavy atom. The van der Waals surface area contributed by atoms with Gasteiger partial charge in [0.1, 0.15) is 6.01 Å². The SMILES string of the molecule is CCC(C)C(=O)N1CCC(C(=O)SCF)CC1. The number of halogens is 1. The summed E-state index contributed by atoms with van der Waals surface area (Å²) >= 11 is 0.749. The van der Waals surface area contributed by atoms with Crippen molar-refractivity contribution in [3.05, 3.63) is 0 Å². The number of amides is 1. The third-order valence-corrected chi connectivity index (χ3v) is 4.10. The van der Waals surface area contributed by atoms with Crippen molar-refractivity contribution in [2.75, 3.05) is 19.1 Å². The van der Waals surface area contributed by atoms with Gasteiger partial charge in [-0.2, -0.15) is 0 Å². The van der Waals surface area contributed by atoms with E-state index in [9.17, 15) is 14.0 Å². The molecule has 1 saturated heterocycles. The molecule has 17 heavy (non-hydrogen) atoms. The van der Waals surface area contributed by atoms with Gasteiger partial charge < -0.3 is 4.90 Å². The van der Waals surface area contributed by atoms with E-state index in [1.165, 1.54) is 0 Å². The number of alkyl halides is 1. The Morgan fingerprint density at radius 3 is 2.47 bits per heavy atom. The Morgan fingerprint density at radius 2 is 2.00 bits per heavy atom. The summed E-state index contributed by atoms with van der Waals surface area (Å²) in [6.45, 7) is 5.19. The maximum Gasteiger partial charge on any atom is 0.225 e. The molecule has 1 aliphatic heterocycles. The number of carbonyl (C=O) groups excluding carboxylic acids is 2. The number of piperidine rings is 1. The molecule has 0 aromatic carbocycles. The van der Waals surface area contributed by atoms with E-state index in [4.69, 9.17) is 0 Å². The molecule has 1 atom stereocenters. The summed E-state index contributed by atoms with van der Waals surface area (Å²) in [5, 5.41) is -0.0665. The topological polar surface area (TPSA) is 37.4 Å². The van der Waals surface area contributed by atoms with Crippen molar-refractivity contribution in [3.63, 3.8) is 0 Å². The van der Waals surface area contributed by atoms with E-state index in [1.54, 1.807) is 0 Å². The molecule has 0 bridgehead atoms. The van der Waals surface area contributed by atoms with Crippen LogP contribution in [0.25, 0.3) is 0 Å². The van der Waals surface area contributed by atoms with Crippen LogP contribution >= 0.6 is 11.8 Å². The van der Waals surface area contributed by atoms with E-state index in [1.807, 2.05) is 18.7 Å². The summed E-state index contributed by atoms with van der Waals surface area (Å²) < 4.78 is 12.0. The molecular formula is C12H20FNO2S. The predicted octanol–water partition coefficient (Wildman–Crippen LogP) is 2.46. The lowest BCUT2D eigenvalue weighted by atomic mass is 9.96. The molecule has 0 aromatic heterocycles. The van der Waals surface area contributed by atoms with Crippen molar-refractivity contribution in [2.24, 2.45) is 11.8 Å². The number of nitrogens with zero attached hydrogens (tertiary/aromatic N) is 1. The first-order valence-corrected chi connectivity index (χ1v) is 7.10. The monoisotopic (exact) mass is 261 g/mol. The molecule has 1 fully saturated rings. The van der Waals surface area contributed by atoms with Gasteiger partial charge in [0, 0.05) is 24.9 Å². The molecular weight excluding hydrogens is 241 g/mol. The number of rotatable bonds is 4. The van der Waals surface area contributed by atoms with Crippen LogP contribution in [0.2, 0.25) is 0 Å². The Hall–Kier alpha value is -0.580. The first-order valence-electron chi connectivity index (χ1n) is 6.11. The van der Waals surface area contributed by atoms with Gasteiger partial charge in [-0.05, 0) is 19.3 Å². The molecule has 0 aromatic rings. The van der Waals surface area contributed by atoms with E-state index in [0.717, 1.165) is 18.2 Å². The van der Waals surface area contributed by atoms with Crippen molar-refractivity contribution in [2.45, 2.75) is 33.1 Å². The highest BCUT2D eigenvalue weighted by atomic mass is 32.2. The Balaban J connectivity index is 2.40. The van der Waals surface area contributed by atoms with E-state index in [-0.39, 0.29) is 22.9 Å². The van der Waals surface area contributed by atoms with Crippen LogP contribution in [0.4, 0.5) is 4.39 Å². The molecule has 0 spiro atoms. The molecule has 3 nitrogen and oxygen atoms in total. The summed E-state index contributed by atoms with van der Waals surface area (Å²) in [5.41, 5.74) is 0. The normalized spacial score (nSPS) is 19.1. The molecule has 1 rings (SSSR count). The number of carbonyl (C=O) groups is 2. The van der Waals surface area contributed by atoms with Crippen LogP contribution in [0.3, 0.4) is 0 Å². The quantitative estimate of drug-likeness (QED) is 0.780. The van der Waals surface area contributed by atoms with Gasteiger partial charge in [0.2, 0.25) is 5.91 Å². The van der Waals surface area contributed by atoms with E-state index in [2.05, 4.69) is 0 Å². The second-order valence-corrected chi connectivity index (χ2v) is 5.39. The predicted molar refractivity (Wildman–Crippen MR) is 67.3 cm³/mol. The fraction of sp³-hybridized carbons (Fsp3) is 0.833. The molecule has 0 aliphatic carbocycles. The smallest absolute Gasteiger partial charge is 0.225 e. The number of hydrogen-bond acceptors (Lipinski definition) is 3. The molecule has 0 N–H and O–H groups in total. The third-order valence-electron chi connectivity index (χ3n) is 3.37. The van der Waals surface area contributed by atoms with Crippen LogP contribution in [-0.4, -0.2) is 35.0 Å². The lowest BCUT2D eigenvalue weighted by Gasteiger charge is -2.32. The minimum atomic E-state index is -0.648. The second kappa shape index (κ2) is 6.99. The van der Waals surface area contributed by atoms with Crippen LogP contribution in [0.5, 0.6) is 0 Å². The third kappa shape index (κ3) is 3.98. The van der Waals surface area contributed by atoms with Crippen LogP contribution in [0, 0.1) is 11.8 Å². The van der Waals surface area contributed by atoms with Crippen LogP contribution in [0.15, 0.2) is 0 Å². The van der Waals surface area contributed by atoms with Gasteiger partial charge in [0.05, 0.1) is 0 Å². The zero-order valence-electron chi connectivity index (χ0n) is 10.4. The highest BCUT2D eigenvalue weighted by molar-refractivity contribution is 8.13. The zero-order chi connectivity index (χ0) is 12.8. The van der Waals surface area contributed by atoms with Crippen molar-refractivity contribution >= 4 is 22.8 Å². The Bertz CT molecular complexity index is 278. The van der Waals surface area contributed by atoms with Crippen LogP contribution in [0.1, 0.15) is 33.1 Å². The molecule has 1 aliphatic rings. The van der Waals surface area contributed by atoms with Crippen molar-refractivity contribution in [3.8, 4) is 0 Å². The van der Waals surface area contributed by atoms with E-state index in [0.29, 0.717) is 25.9 Å². The first-order chi connectivity index (χ1) is 8.10. The average Bonchev–Trinajstić information content (AvgIpc) is 2.37. The second-order valence-electron chi connectivity index (χ2n) is 4.48. The van der Waals surface area contributed by atoms with Crippen molar-refractivity contribution < 1.29 is 14.0 Å². The van der Waals surface area contributed by atoms with Gasteiger partial charge in [-0.15, -0.1) is 0 Å². The van der Waals surface area contributed by atoms with Crippen molar-refractivity contribution in [1.82, 2.24) is 4.90 Å². The molecule has 98 valence electrons. The van der Waals surface area contributed by atoms with Gasteiger partial charge in [0.25, 0.3) is 0 Å². The molecule has 0 radical (unpaired) electrons. The Labute approximate surface area is 106 Å². The summed E-state index contributed by atoms with van der Waals surface area (Å²) in [7, 11) is 0. The maximum absolute atomic E-state index is 12.0. The molecule has 1 amide bonds. The molecule has 1 unspecified atom stereocenters. The van der Waals surface area contributed by atoms with Crippen LogP contribution < -0.4 is 0 Å². The number of thioether (sulfide) groups is 1. The first kappa shape index (κ1) is 14.5. The minimum absolute atomic E-state index is 0.0578. The highest BCUT2D eigenvalue weighted by Crippen LogP contribution is 2.24. The van der Waals surface area contributed by atoms with Gasteiger partial charge in [-0.3, -0.25) is 9.59 Å². The van der Waals surface area contributed by atoms with Gasteiger partial charge in [-0.25, -0.2) is 4.39 Å². The summed E-state index contributed by atoms with van der Waals surface area (Å²) in [6.07, 6.45) is 2.19. The largest absolute Gasteiger partial charge is 0.342 e. The summed E-state index contributed by atoms with van der Waals surface area (Å²) in [6, 6.07) is -0.648. The maximum atomic E-state index is 12.0. The average molecular weight is 261 g/mol. The zero-order valence-corrected chi connectivity index (χ0v) is 11.3. The van der Waals surface area contributed by atoms with Gasteiger partial charge in [0.15, 0.2) is 5.12 Å². The summed E-state index contributed by atoms with van der Waals surface area (Å²) in [5.74, 6) is 0.163. The fourth-order valence-corrected chi connectivity index (χ4v) is 2.57.